The van der Waals surface area contributed by atoms with Crippen molar-refractivity contribution in [3.05, 3.63) is 94.8 Å². The molecule has 0 radical (unpaired) electrons. The molecule has 3 aromatic rings. The summed E-state index contributed by atoms with van der Waals surface area (Å²) in [4.78, 5) is 28.6. The van der Waals surface area contributed by atoms with Crippen molar-refractivity contribution in [2.75, 3.05) is 17.3 Å². The highest BCUT2D eigenvalue weighted by atomic mass is 32.2. The molecule has 4 rings (SSSR count). The Balaban J connectivity index is 1.71. The van der Waals surface area contributed by atoms with Crippen molar-refractivity contribution in [3.8, 4) is 5.75 Å². The molecular formula is C24H19FN2O3S. The maximum atomic E-state index is 13.4. The first-order valence-corrected chi connectivity index (χ1v) is 10.3. The predicted molar refractivity (Wildman–Crippen MR) is 120 cm³/mol. The van der Waals surface area contributed by atoms with Gasteiger partial charge in [-0.15, -0.1) is 0 Å². The minimum Gasteiger partial charge on any atom is -0.497 e. The van der Waals surface area contributed by atoms with E-state index in [1.165, 1.54) is 36.0 Å². The number of hydrogen-bond acceptors (Lipinski definition) is 5. The normalized spacial score (nSPS) is 13.7. The van der Waals surface area contributed by atoms with Gasteiger partial charge in [0.15, 0.2) is 0 Å². The van der Waals surface area contributed by atoms with E-state index in [1.807, 2.05) is 31.2 Å². The van der Waals surface area contributed by atoms with E-state index in [1.54, 1.807) is 31.4 Å². The predicted octanol–water partition coefficient (Wildman–Crippen LogP) is 5.13. The summed E-state index contributed by atoms with van der Waals surface area (Å²) in [6.45, 7) is 1.98. The Morgan fingerprint density at radius 1 is 0.871 bits per heavy atom. The molecule has 0 bridgehead atoms. The smallest absolute Gasteiger partial charge is 0.283 e. The maximum absolute atomic E-state index is 13.4. The lowest BCUT2D eigenvalue weighted by Gasteiger charge is -2.15. The minimum absolute atomic E-state index is 0.171. The van der Waals surface area contributed by atoms with Gasteiger partial charge < -0.3 is 10.1 Å². The van der Waals surface area contributed by atoms with Crippen molar-refractivity contribution >= 4 is 35.0 Å². The van der Waals surface area contributed by atoms with Gasteiger partial charge in [-0.05, 0) is 67.6 Å². The molecule has 0 saturated carbocycles. The molecule has 0 fully saturated rings. The summed E-state index contributed by atoms with van der Waals surface area (Å²) in [5, 5.41) is 3.08. The number of methoxy groups -OCH3 is 1. The van der Waals surface area contributed by atoms with E-state index in [0.717, 1.165) is 15.4 Å². The Kier molecular flexibility index (Phi) is 5.77. The molecule has 0 aromatic heterocycles. The number of imide groups is 1. The summed E-state index contributed by atoms with van der Waals surface area (Å²) in [5.41, 5.74) is 2.21. The fraction of sp³-hybridized carbons (Fsp3) is 0.0833. The van der Waals surface area contributed by atoms with Crippen LogP contribution in [0.3, 0.4) is 0 Å². The van der Waals surface area contributed by atoms with E-state index < -0.39 is 17.6 Å². The summed E-state index contributed by atoms with van der Waals surface area (Å²) in [5.74, 6) is -0.725. The van der Waals surface area contributed by atoms with Gasteiger partial charge in [0.1, 0.15) is 22.2 Å². The van der Waals surface area contributed by atoms with Crippen LogP contribution in [0.25, 0.3) is 0 Å². The van der Waals surface area contributed by atoms with E-state index in [-0.39, 0.29) is 10.6 Å². The van der Waals surface area contributed by atoms with E-state index in [0.29, 0.717) is 17.1 Å². The van der Waals surface area contributed by atoms with Gasteiger partial charge >= 0.3 is 0 Å². The Bertz CT molecular complexity index is 1160. The monoisotopic (exact) mass is 434 g/mol. The maximum Gasteiger partial charge on any atom is 0.283 e. The van der Waals surface area contributed by atoms with Crippen molar-refractivity contribution in [2.45, 2.75) is 11.8 Å². The molecule has 1 aliphatic heterocycles. The van der Waals surface area contributed by atoms with Gasteiger partial charge in [-0.25, -0.2) is 9.29 Å². The first kappa shape index (κ1) is 20.7. The average molecular weight is 434 g/mol. The second-order valence-electron chi connectivity index (χ2n) is 6.89. The molecule has 156 valence electrons. The standard InChI is InChI=1S/C24H19FN2O3S/c1-15-3-13-20(14-4-15)31-22-21(26-17-7-11-19(30-2)12-8-17)23(28)27(24(22)29)18-9-5-16(25)6-10-18/h3-14,26H,1-2H3. The Morgan fingerprint density at radius 3 is 2.13 bits per heavy atom. The highest BCUT2D eigenvalue weighted by molar-refractivity contribution is 8.04. The molecule has 0 saturated heterocycles. The number of carbonyl (C=O) groups excluding carboxylic acids is 2. The third kappa shape index (κ3) is 4.32. The van der Waals surface area contributed by atoms with E-state index in [9.17, 15) is 14.0 Å². The number of nitrogens with one attached hydrogen (secondary N) is 1. The van der Waals surface area contributed by atoms with Crippen LogP contribution in [0, 0.1) is 12.7 Å². The van der Waals surface area contributed by atoms with Crippen LogP contribution in [-0.4, -0.2) is 18.9 Å². The number of rotatable bonds is 6. The number of hydrogen-bond donors (Lipinski definition) is 1. The highest BCUT2D eigenvalue weighted by Crippen LogP contribution is 2.38. The van der Waals surface area contributed by atoms with Crippen LogP contribution in [0.2, 0.25) is 0 Å². The average Bonchev–Trinajstić information content (AvgIpc) is 3.00. The molecular weight excluding hydrogens is 415 g/mol. The third-order valence-electron chi connectivity index (χ3n) is 4.73. The molecule has 0 atom stereocenters. The quantitative estimate of drug-likeness (QED) is 0.545. The molecule has 1 aliphatic rings. The molecule has 1 N–H and O–H groups in total. The second kappa shape index (κ2) is 8.65. The van der Waals surface area contributed by atoms with Crippen molar-refractivity contribution < 1.29 is 18.7 Å². The van der Waals surface area contributed by atoms with Gasteiger partial charge in [-0.3, -0.25) is 9.59 Å². The van der Waals surface area contributed by atoms with Crippen LogP contribution < -0.4 is 15.0 Å². The van der Waals surface area contributed by atoms with Gasteiger partial charge in [-0.1, -0.05) is 29.5 Å². The van der Waals surface area contributed by atoms with Crippen LogP contribution in [0.15, 0.2) is 88.3 Å². The van der Waals surface area contributed by atoms with Crippen molar-refractivity contribution in [1.29, 1.82) is 0 Å². The summed E-state index contributed by atoms with van der Waals surface area (Å²) < 4.78 is 18.5. The number of carbonyl (C=O) groups is 2. The number of benzene rings is 3. The molecule has 1 heterocycles. The van der Waals surface area contributed by atoms with Gasteiger partial charge in [-0.2, -0.15) is 0 Å². The Labute approximate surface area is 183 Å². The number of nitrogens with zero attached hydrogens (tertiary/aromatic N) is 1. The fourth-order valence-corrected chi connectivity index (χ4v) is 4.01. The molecule has 31 heavy (non-hydrogen) atoms. The van der Waals surface area contributed by atoms with Crippen LogP contribution in [-0.2, 0) is 9.59 Å². The Morgan fingerprint density at radius 2 is 1.52 bits per heavy atom. The number of thioether (sulfide) groups is 1. The van der Waals surface area contributed by atoms with Crippen LogP contribution in [0.5, 0.6) is 5.75 Å². The topological polar surface area (TPSA) is 58.6 Å². The van der Waals surface area contributed by atoms with Crippen LogP contribution in [0.4, 0.5) is 15.8 Å². The van der Waals surface area contributed by atoms with Gasteiger partial charge in [0, 0.05) is 10.6 Å². The van der Waals surface area contributed by atoms with E-state index in [2.05, 4.69) is 5.32 Å². The van der Waals surface area contributed by atoms with Gasteiger partial charge in [0.05, 0.1) is 12.8 Å². The molecule has 3 aromatic carbocycles. The van der Waals surface area contributed by atoms with Gasteiger partial charge in [0.25, 0.3) is 11.8 Å². The molecule has 7 heteroatoms. The first-order chi connectivity index (χ1) is 15.0. The fourth-order valence-electron chi connectivity index (χ4n) is 3.08. The molecule has 2 amide bonds. The van der Waals surface area contributed by atoms with Crippen LogP contribution >= 0.6 is 11.8 Å². The lowest BCUT2D eigenvalue weighted by atomic mass is 10.2. The number of anilines is 2. The first-order valence-electron chi connectivity index (χ1n) is 9.50. The zero-order valence-corrected chi connectivity index (χ0v) is 17.7. The molecule has 0 aliphatic carbocycles. The summed E-state index contributed by atoms with van der Waals surface area (Å²) >= 11 is 1.21. The van der Waals surface area contributed by atoms with Crippen molar-refractivity contribution in [1.82, 2.24) is 0 Å². The highest BCUT2D eigenvalue weighted by Gasteiger charge is 2.40. The van der Waals surface area contributed by atoms with Crippen molar-refractivity contribution in [2.24, 2.45) is 0 Å². The lowest BCUT2D eigenvalue weighted by Crippen LogP contribution is -2.32. The zero-order chi connectivity index (χ0) is 22.0. The SMILES string of the molecule is COc1ccc(NC2=C(Sc3ccc(C)cc3)C(=O)N(c3ccc(F)cc3)C2=O)cc1. The summed E-state index contributed by atoms with van der Waals surface area (Å²) in [7, 11) is 1.57. The number of halogens is 1. The van der Waals surface area contributed by atoms with Crippen molar-refractivity contribution in [3.63, 3.8) is 0 Å². The second-order valence-corrected chi connectivity index (χ2v) is 7.98. The van der Waals surface area contributed by atoms with Crippen LogP contribution in [0.1, 0.15) is 5.56 Å². The molecule has 0 unspecified atom stereocenters. The molecule has 5 nitrogen and oxygen atoms in total. The molecule has 0 spiro atoms. The summed E-state index contributed by atoms with van der Waals surface area (Å²) in [6.07, 6.45) is 0. The third-order valence-corrected chi connectivity index (χ3v) is 5.82. The van der Waals surface area contributed by atoms with Gasteiger partial charge in [0.2, 0.25) is 0 Å². The summed E-state index contributed by atoms with van der Waals surface area (Å²) in [6, 6.07) is 20.0. The van der Waals surface area contributed by atoms with E-state index >= 15 is 0 Å². The Hall–Kier alpha value is -3.58. The van der Waals surface area contributed by atoms with E-state index in [4.69, 9.17) is 4.74 Å². The number of amides is 2. The zero-order valence-electron chi connectivity index (χ0n) is 16.9. The largest absolute Gasteiger partial charge is 0.497 e. The minimum atomic E-state index is -0.498. The lowest BCUT2D eigenvalue weighted by molar-refractivity contribution is -0.120. The number of aryl methyl sites for hydroxylation is 1. The number of ether oxygens (including phenoxy) is 1.